The summed E-state index contributed by atoms with van der Waals surface area (Å²) in [6, 6.07) is 3.86. The van der Waals surface area contributed by atoms with Crippen LogP contribution in [0.25, 0.3) is 11.3 Å². The molecule has 2 aliphatic rings. The zero-order valence-corrected chi connectivity index (χ0v) is 17.9. The Labute approximate surface area is 176 Å². The van der Waals surface area contributed by atoms with Gasteiger partial charge in [0, 0.05) is 49.6 Å². The number of benzene rings is 1. The first-order chi connectivity index (χ1) is 14.4. The quantitative estimate of drug-likeness (QED) is 0.700. The second kappa shape index (κ2) is 8.26. The van der Waals surface area contributed by atoms with E-state index in [2.05, 4.69) is 19.9 Å². The lowest BCUT2D eigenvalue weighted by Crippen LogP contribution is -2.28. The number of methoxy groups -OCH3 is 1. The predicted molar refractivity (Wildman–Crippen MR) is 115 cm³/mol. The molecule has 1 aromatic carbocycles. The van der Waals surface area contributed by atoms with Crippen LogP contribution in [-0.2, 0) is 24.0 Å². The van der Waals surface area contributed by atoms with Gasteiger partial charge in [0.2, 0.25) is 0 Å². The molecule has 0 radical (unpaired) electrons. The molecular formula is C24H29NO5. The minimum absolute atomic E-state index is 0.105. The molecule has 3 heterocycles. The van der Waals surface area contributed by atoms with Gasteiger partial charge in [-0.05, 0) is 42.7 Å². The van der Waals surface area contributed by atoms with Gasteiger partial charge in [0.05, 0.1) is 12.3 Å². The normalized spacial score (nSPS) is 16.7. The van der Waals surface area contributed by atoms with E-state index < -0.39 is 11.4 Å². The Morgan fingerprint density at radius 1 is 1.33 bits per heavy atom. The Bertz CT molecular complexity index is 1040. The van der Waals surface area contributed by atoms with E-state index in [1.807, 2.05) is 4.57 Å². The Morgan fingerprint density at radius 3 is 2.83 bits per heavy atom. The zero-order valence-electron chi connectivity index (χ0n) is 17.9. The third kappa shape index (κ3) is 3.54. The van der Waals surface area contributed by atoms with Crippen LogP contribution < -0.4 is 10.2 Å². The van der Waals surface area contributed by atoms with Crippen molar-refractivity contribution >= 4 is 5.97 Å². The number of fused-ring (bicyclic) bond motifs is 5. The number of aromatic carboxylic acids is 1. The third-order valence-corrected chi connectivity index (χ3v) is 6.30. The standard InChI is InChI=1S/C24H29NO5/c1-14(2)19-11-16-10-15(6-4-5-8-29-3)23-17(7-9-30-23)22(16)20-12-21(26)18(24(27)28)13-25(19)20/h10,12-14,19H,4-9,11H2,1-3H3,(H,27,28). The summed E-state index contributed by atoms with van der Waals surface area (Å²) >= 11 is 0. The van der Waals surface area contributed by atoms with Gasteiger partial charge < -0.3 is 19.1 Å². The van der Waals surface area contributed by atoms with Crippen molar-refractivity contribution in [3.8, 4) is 17.0 Å². The van der Waals surface area contributed by atoms with Crippen LogP contribution in [0.2, 0.25) is 0 Å². The van der Waals surface area contributed by atoms with Crippen molar-refractivity contribution in [1.82, 2.24) is 4.57 Å². The van der Waals surface area contributed by atoms with Crippen molar-refractivity contribution in [3.05, 3.63) is 50.8 Å². The fourth-order valence-corrected chi connectivity index (χ4v) is 4.82. The first-order valence-electron chi connectivity index (χ1n) is 10.7. The lowest BCUT2D eigenvalue weighted by Gasteiger charge is -2.34. The fourth-order valence-electron chi connectivity index (χ4n) is 4.82. The maximum absolute atomic E-state index is 12.6. The molecule has 6 nitrogen and oxygen atoms in total. The number of ether oxygens (including phenoxy) is 2. The van der Waals surface area contributed by atoms with Gasteiger partial charge in [-0.15, -0.1) is 0 Å². The van der Waals surface area contributed by atoms with Crippen LogP contribution in [0, 0.1) is 5.92 Å². The van der Waals surface area contributed by atoms with Crippen LogP contribution in [0.1, 0.15) is 59.8 Å². The van der Waals surface area contributed by atoms with E-state index in [1.165, 1.54) is 23.4 Å². The molecule has 1 aromatic heterocycles. The third-order valence-electron chi connectivity index (χ3n) is 6.30. The predicted octanol–water partition coefficient (Wildman–Crippen LogP) is 3.87. The number of hydrogen-bond donors (Lipinski definition) is 1. The molecule has 0 fully saturated rings. The van der Waals surface area contributed by atoms with Crippen molar-refractivity contribution in [2.24, 2.45) is 5.92 Å². The highest BCUT2D eigenvalue weighted by molar-refractivity contribution is 5.88. The summed E-state index contributed by atoms with van der Waals surface area (Å²) in [4.78, 5) is 24.1. The highest BCUT2D eigenvalue weighted by Gasteiger charge is 2.33. The van der Waals surface area contributed by atoms with Gasteiger partial charge in [-0.3, -0.25) is 4.79 Å². The van der Waals surface area contributed by atoms with Gasteiger partial charge in [0.15, 0.2) is 5.43 Å². The molecular weight excluding hydrogens is 382 g/mol. The molecule has 1 N–H and O–H groups in total. The highest BCUT2D eigenvalue weighted by Crippen LogP contribution is 2.46. The summed E-state index contributed by atoms with van der Waals surface area (Å²) in [6.45, 7) is 5.67. The van der Waals surface area contributed by atoms with Gasteiger partial charge in [0.1, 0.15) is 11.3 Å². The van der Waals surface area contributed by atoms with Gasteiger partial charge in [0.25, 0.3) is 0 Å². The molecule has 0 saturated heterocycles. The molecule has 0 spiro atoms. The number of carboxylic acids is 1. The van der Waals surface area contributed by atoms with E-state index in [1.54, 1.807) is 7.11 Å². The number of pyridine rings is 1. The Kier molecular flexibility index (Phi) is 5.69. The van der Waals surface area contributed by atoms with E-state index in [-0.39, 0.29) is 11.6 Å². The monoisotopic (exact) mass is 411 g/mol. The van der Waals surface area contributed by atoms with E-state index >= 15 is 0 Å². The molecule has 0 amide bonds. The second-order valence-electron chi connectivity index (χ2n) is 8.59. The van der Waals surface area contributed by atoms with Crippen LogP contribution >= 0.6 is 0 Å². The fraction of sp³-hybridized carbons (Fsp3) is 0.500. The van der Waals surface area contributed by atoms with Gasteiger partial charge in [-0.2, -0.15) is 0 Å². The maximum atomic E-state index is 12.6. The van der Waals surface area contributed by atoms with Crippen LogP contribution in [0.15, 0.2) is 23.1 Å². The van der Waals surface area contributed by atoms with Crippen LogP contribution in [-0.4, -0.2) is 36.0 Å². The summed E-state index contributed by atoms with van der Waals surface area (Å²) in [5, 5.41) is 9.46. The summed E-state index contributed by atoms with van der Waals surface area (Å²) in [7, 11) is 1.72. The molecule has 2 aromatic rings. The SMILES string of the molecule is COCCCCc1cc2c(c3c1OCC3)-c1cc(=O)c(C(=O)O)cn1C(C(C)C)C2. The molecule has 30 heavy (non-hydrogen) atoms. The summed E-state index contributed by atoms with van der Waals surface area (Å²) in [5.41, 5.74) is 4.90. The highest BCUT2D eigenvalue weighted by atomic mass is 16.5. The van der Waals surface area contributed by atoms with Crippen molar-refractivity contribution in [1.29, 1.82) is 0 Å². The molecule has 0 saturated carbocycles. The smallest absolute Gasteiger partial charge is 0.341 e. The lowest BCUT2D eigenvalue weighted by atomic mass is 9.82. The average Bonchev–Trinajstić information content (AvgIpc) is 3.19. The number of rotatable bonds is 7. The largest absolute Gasteiger partial charge is 0.493 e. The van der Waals surface area contributed by atoms with Crippen LogP contribution in [0.3, 0.4) is 0 Å². The van der Waals surface area contributed by atoms with Gasteiger partial charge in [-0.1, -0.05) is 19.9 Å². The topological polar surface area (TPSA) is 77.8 Å². The van der Waals surface area contributed by atoms with Crippen molar-refractivity contribution in [2.45, 2.75) is 52.0 Å². The molecule has 0 bridgehead atoms. The minimum Gasteiger partial charge on any atom is -0.493 e. The molecule has 2 aliphatic heterocycles. The Hall–Kier alpha value is -2.60. The molecule has 6 heteroatoms. The number of nitrogens with zero attached hydrogens (tertiary/aromatic N) is 1. The van der Waals surface area contributed by atoms with E-state index in [0.717, 1.165) is 61.3 Å². The number of aryl methyl sites for hydroxylation is 1. The number of aromatic nitrogens is 1. The molecule has 1 unspecified atom stereocenters. The number of unbranched alkanes of at least 4 members (excludes halogenated alkanes) is 1. The van der Waals surface area contributed by atoms with Crippen molar-refractivity contribution < 1.29 is 19.4 Å². The summed E-state index contributed by atoms with van der Waals surface area (Å²) < 4.78 is 13.2. The van der Waals surface area contributed by atoms with Crippen LogP contribution in [0.5, 0.6) is 5.75 Å². The zero-order chi connectivity index (χ0) is 21.4. The number of carbonyl (C=O) groups is 1. The number of carboxylic acid groups (broad SMARTS) is 1. The van der Waals surface area contributed by atoms with E-state index in [4.69, 9.17) is 9.47 Å². The van der Waals surface area contributed by atoms with Gasteiger partial charge >= 0.3 is 5.97 Å². The molecule has 0 aliphatic carbocycles. The molecule has 4 rings (SSSR count). The molecule has 160 valence electrons. The van der Waals surface area contributed by atoms with Crippen molar-refractivity contribution in [2.75, 3.05) is 20.3 Å². The molecule has 1 atom stereocenters. The minimum atomic E-state index is -1.18. The number of hydrogen-bond acceptors (Lipinski definition) is 4. The second-order valence-corrected chi connectivity index (χ2v) is 8.59. The van der Waals surface area contributed by atoms with E-state index in [0.29, 0.717) is 12.5 Å². The van der Waals surface area contributed by atoms with Gasteiger partial charge in [-0.25, -0.2) is 4.79 Å². The summed E-state index contributed by atoms with van der Waals surface area (Å²) in [5.74, 6) is 0.0785. The average molecular weight is 411 g/mol. The summed E-state index contributed by atoms with van der Waals surface area (Å²) in [6.07, 6.45) is 6.15. The maximum Gasteiger partial charge on any atom is 0.341 e. The Morgan fingerprint density at radius 2 is 2.13 bits per heavy atom. The Balaban J connectivity index is 1.86. The van der Waals surface area contributed by atoms with E-state index in [9.17, 15) is 14.7 Å². The first kappa shape index (κ1) is 20.7. The van der Waals surface area contributed by atoms with Crippen molar-refractivity contribution in [3.63, 3.8) is 0 Å². The first-order valence-corrected chi connectivity index (χ1v) is 10.7. The van der Waals surface area contributed by atoms with Crippen LogP contribution in [0.4, 0.5) is 0 Å². The lowest BCUT2D eigenvalue weighted by molar-refractivity contribution is 0.0694.